The van der Waals surface area contributed by atoms with Gasteiger partial charge < -0.3 is 4.74 Å². The maximum absolute atomic E-state index is 11.1. The molecule has 0 aliphatic carbocycles. The number of carbonyl (C=O) groups is 1. The number of carbonyl (C=O) groups excluding carboxylic acids is 1. The predicted octanol–water partition coefficient (Wildman–Crippen LogP) is 0.269. The predicted molar refractivity (Wildman–Crippen MR) is 53.3 cm³/mol. The fraction of sp³-hybridized carbons (Fsp3) is 0.875. The zero-order chi connectivity index (χ0) is 11.0. The molecular formula is C8H17NO4S. The van der Waals surface area contributed by atoms with E-state index in [1.165, 1.54) is 0 Å². The second kappa shape index (κ2) is 6.78. The Morgan fingerprint density at radius 3 is 2.50 bits per heavy atom. The number of esters is 1. The topological polar surface area (TPSA) is 72.5 Å². The van der Waals surface area contributed by atoms with Crippen molar-refractivity contribution >= 4 is 16.0 Å². The normalized spacial score (nSPS) is 11.3. The van der Waals surface area contributed by atoms with Crippen LogP contribution in [-0.4, -0.2) is 33.3 Å². The van der Waals surface area contributed by atoms with Gasteiger partial charge in [0.15, 0.2) is 0 Å². The zero-order valence-corrected chi connectivity index (χ0v) is 9.39. The van der Waals surface area contributed by atoms with E-state index in [2.05, 4.69) is 9.46 Å². The van der Waals surface area contributed by atoms with Crippen molar-refractivity contribution in [2.75, 3.05) is 18.9 Å². The molecule has 0 aliphatic heterocycles. The van der Waals surface area contributed by atoms with Crippen LogP contribution < -0.4 is 4.72 Å². The number of nitrogens with one attached hydrogen (secondary N) is 1. The SMILES string of the molecule is CCCS(=O)(=O)NCCC(=O)OCC. The molecule has 0 aliphatic rings. The highest BCUT2D eigenvalue weighted by Gasteiger charge is 2.09. The fourth-order valence-corrected chi connectivity index (χ4v) is 1.98. The third kappa shape index (κ3) is 6.85. The summed E-state index contributed by atoms with van der Waals surface area (Å²) in [6, 6.07) is 0. The summed E-state index contributed by atoms with van der Waals surface area (Å²) in [5.41, 5.74) is 0. The molecule has 0 fully saturated rings. The van der Waals surface area contributed by atoms with Gasteiger partial charge in [-0.2, -0.15) is 0 Å². The van der Waals surface area contributed by atoms with Crippen LogP contribution in [0.25, 0.3) is 0 Å². The summed E-state index contributed by atoms with van der Waals surface area (Å²) in [6.07, 6.45) is 0.644. The lowest BCUT2D eigenvalue weighted by atomic mass is 10.4. The van der Waals surface area contributed by atoms with Gasteiger partial charge in [-0.15, -0.1) is 0 Å². The highest BCUT2D eigenvalue weighted by atomic mass is 32.2. The van der Waals surface area contributed by atoms with Gasteiger partial charge >= 0.3 is 5.97 Å². The Balaban J connectivity index is 3.68. The maximum atomic E-state index is 11.1. The van der Waals surface area contributed by atoms with Crippen LogP contribution in [0.5, 0.6) is 0 Å². The molecule has 0 aromatic carbocycles. The number of hydrogen-bond donors (Lipinski definition) is 1. The van der Waals surface area contributed by atoms with E-state index in [0.29, 0.717) is 13.0 Å². The number of hydrogen-bond acceptors (Lipinski definition) is 4. The summed E-state index contributed by atoms with van der Waals surface area (Å²) in [5.74, 6) is -0.290. The molecular weight excluding hydrogens is 206 g/mol. The third-order valence-corrected chi connectivity index (χ3v) is 3.02. The standard InChI is InChI=1S/C8H17NO4S/c1-3-7-14(11,12)9-6-5-8(10)13-4-2/h9H,3-7H2,1-2H3. The molecule has 0 unspecified atom stereocenters. The van der Waals surface area contributed by atoms with Gasteiger partial charge in [-0.25, -0.2) is 13.1 Å². The van der Waals surface area contributed by atoms with Gasteiger partial charge in [0.05, 0.1) is 18.8 Å². The summed E-state index contributed by atoms with van der Waals surface area (Å²) in [7, 11) is -3.20. The lowest BCUT2D eigenvalue weighted by molar-refractivity contribution is -0.142. The Labute approximate surface area is 84.9 Å². The monoisotopic (exact) mass is 223 g/mol. The Morgan fingerprint density at radius 2 is 2.00 bits per heavy atom. The van der Waals surface area contributed by atoms with Crippen LogP contribution in [0, 0.1) is 0 Å². The summed E-state index contributed by atoms with van der Waals surface area (Å²) >= 11 is 0. The summed E-state index contributed by atoms with van der Waals surface area (Å²) in [6.45, 7) is 3.92. The number of sulfonamides is 1. The first kappa shape index (κ1) is 13.4. The number of rotatable bonds is 7. The minimum atomic E-state index is -3.20. The van der Waals surface area contributed by atoms with E-state index in [0.717, 1.165) is 0 Å². The molecule has 0 atom stereocenters. The van der Waals surface area contributed by atoms with Crippen molar-refractivity contribution in [1.29, 1.82) is 0 Å². The van der Waals surface area contributed by atoms with Gasteiger partial charge in [-0.05, 0) is 13.3 Å². The smallest absolute Gasteiger partial charge is 0.307 e. The number of ether oxygens (including phenoxy) is 1. The Bertz CT molecular complexity index is 261. The van der Waals surface area contributed by atoms with E-state index in [1.807, 2.05) is 0 Å². The first-order valence-corrected chi connectivity index (χ1v) is 6.30. The van der Waals surface area contributed by atoms with Crippen LogP contribution in [-0.2, 0) is 19.6 Å². The van der Waals surface area contributed by atoms with Crippen molar-refractivity contribution in [3.05, 3.63) is 0 Å². The molecule has 0 heterocycles. The van der Waals surface area contributed by atoms with E-state index < -0.39 is 10.0 Å². The quantitative estimate of drug-likeness (QED) is 0.629. The first-order chi connectivity index (χ1) is 6.52. The van der Waals surface area contributed by atoms with Crippen molar-refractivity contribution < 1.29 is 17.9 Å². The third-order valence-electron chi connectivity index (χ3n) is 1.43. The van der Waals surface area contributed by atoms with Gasteiger partial charge in [0, 0.05) is 6.54 Å². The van der Waals surface area contributed by atoms with E-state index >= 15 is 0 Å². The molecule has 84 valence electrons. The molecule has 0 aromatic heterocycles. The van der Waals surface area contributed by atoms with E-state index in [-0.39, 0.29) is 24.7 Å². The lowest BCUT2D eigenvalue weighted by Gasteiger charge is -2.04. The van der Waals surface area contributed by atoms with Gasteiger partial charge in [0.1, 0.15) is 0 Å². The average Bonchev–Trinajstić information content (AvgIpc) is 2.03. The highest BCUT2D eigenvalue weighted by Crippen LogP contribution is 1.90. The molecule has 14 heavy (non-hydrogen) atoms. The fourth-order valence-electron chi connectivity index (χ4n) is 0.883. The summed E-state index contributed by atoms with van der Waals surface area (Å²) < 4.78 is 29.2. The van der Waals surface area contributed by atoms with E-state index in [1.54, 1.807) is 13.8 Å². The maximum Gasteiger partial charge on any atom is 0.307 e. The second-order valence-corrected chi connectivity index (χ2v) is 4.69. The molecule has 0 saturated carbocycles. The first-order valence-electron chi connectivity index (χ1n) is 4.64. The van der Waals surface area contributed by atoms with E-state index in [9.17, 15) is 13.2 Å². The summed E-state index contributed by atoms with van der Waals surface area (Å²) in [4.78, 5) is 10.8. The summed E-state index contributed by atoms with van der Waals surface area (Å²) in [5, 5.41) is 0. The van der Waals surface area contributed by atoms with Gasteiger partial charge in [-0.3, -0.25) is 4.79 Å². The lowest BCUT2D eigenvalue weighted by Crippen LogP contribution is -2.28. The van der Waals surface area contributed by atoms with Crippen molar-refractivity contribution in [3.63, 3.8) is 0 Å². The van der Waals surface area contributed by atoms with Crippen molar-refractivity contribution in [1.82, 2.24) is 4.72 Å². The van der Waals surface area contributed by atoms with Crippen LogP contribution in [0.4, 0.5) is 0 Å². The zero-order valence-electron chi connectivity index (χ0n) is 8.58. The van der Waals surface area contributed by atoms with Crippen molar-refractivity contribution in [2.24, 2.45) is 0 Å². The minimum Gasteiger partial charge on any atom is -0.466 e. The molecule has 0 radical (unpaired) electrons. The average molecular weight is 223 g/mol. The Morgan fingerprint density at radius 1 is 1.36 bits per heavy atom. The molecule has 0 amide bonds. The van der Waals surface area contributed by atoms with Gasteiger partial charge in [-0.1, -0.05) is 6.92 Å². The Hall–Kier alpha value is -0.620. The van der Waals surface area contributed by atoms with Crippen molar-refractivity contribution in [2.45, 2.75) is 26.7 Å². The van der Waals surface area contributed by atoms with Crippen LogP contribution in [0.15, 0.2) is 0 Å². The molecule has 6 heteroatoms. The van der Waals surface area contributed by atoms with Gasteiger partial charge in [0.25, 0.3) is 0 Å². The molecule has 0 bridgehead atoms. The van der Waals surface area contributed by atoms with Crippen LogP contribution >= 0.6 is 0 Å². The Kier molecular flexibility index (Phi) is 6.48. The molecule has 1 N–H and O–H groups in total. The van der Waals surface area contributed by atoms with Crippen LogP contribution in [0.1, 0.15) is 26.7 Å². The van der Waals surface area contributed by atoms with Gasteiger partial charge in [0.2, 0.25) is 10.0 Å². The van der Waals surface area contributed by atoms with Crippen molar-refractivity contribution in [3.8, 4) is 0 Å². The van der Waals surface area contributed by atoms with Crippen LogP contribution in [0.2, 0.25) is 0 Å². The van der Waals surface area contributed by atoms with Crippen LogP contribution in [0.3, 0.4) is 0 Å². The highest BCUT2D eigenvalue weighted by molar-refractivity contribution is 7.89. The molecule has 0 aromatic rings. The molecule has 0 spiro atoms. The largest absolute Gasteiger partial charge is 0.466 e. The molecule has 0 rings (SSSR count). The van der Waals surface area contributed by atoms with E-state index in [4.69, 9.17) is 0 Å². The second-order valence-electron chi connectivity index (χ2n) is 2.77. The molecule has 5 nitrogen and oxygen atoms in total. The molecule has 0 saturated heterocycles. The minimum absolute atomic E-state index is 0.0801.